The van der Waals surface area contributed by atoms with Gasteiger partial charge in [0.2, 0.25) is 11.6 Å². The summed E-state index contributed by atoms with van der Waals surface area (Å²) in [7, 11) is 0. The summed E-state index contributed by atoms with van der Waals surface area (Å²) in [5, 5.41) is 24.0. The molecule has 0 aliphatic heterocycles. The third-order valence-electron chi connectivity index (χ3n) is 4.57. The molecule has 3 heterocycles. The van der Waals surface area contributed by atoms with Gasteiger partial charge in [0.15, 0.2) is 5.69 Å². The highest BCUT2D eigenvalue weighted by atomic mass is 35.5. The quantitative estimate of drug-likeness (QED) is 0.317. The Morgan fingerprint density at radius 3 is 2.75 bits per heavy atom. The maximum absolute atomic E-state index is 12.7. The van der Waals surface area contributed by atoms with Crippen LogP contribution in [0.4, 0.5) is 5.82 Å². The third-order valence-corrected chi connectivity index (χ3v) is 4.93. The van der Waals surface area contributed by atoms with Crippen molar-refractivity contribution in [2.45, 2.75) is 26.7 Å². The number of hydrogen-bond donors (Lipinski definition) is 2. The Balaban J connectivity index is 1.56. The zero-order chi connectivity index (χ0) is 22.7. The molecule has 32 heavy (non-hydrogen) atoms. The molecule has 3 N–H and O–H groups in total. The second-order valence-electron chi connectivity index (χ2n) is 6.76. The van der Waals surface area contributed by atoms with Gasteiger partial charge in [-0.1, -0.05) is 48.4 Å². The van der Waals surface area contributed by atoms with Crippen molar-refractivity contribution in [2.24, 2.45) is 5.10 Å². The summed E-state index contributed by atoms with van der Waals surface area (Å²) < 4.78 is 7.55. The second kappa shape index (κ2) is 8.98. The smallest absolute Gasteiger partial charge is 0.293 e. The second-order valence-corrected chi connectivity index (χ2v) is 7.11. The number of nitrogens with zero attached hydrogens (tertiary/aromatic N) is 8. The third kappa shape index (κ3) is 3.95. The van der Waals surface area contributed by atoms with Crippen LogP contribution in [0.2, 0.25) is 5.15 Å². The number of para-hydroxylation sites is 1. The number of carbonyl (C=O) groups is 1. The number of hydrogen-bond acceptors (Lipinski definition) is 9. The standard InChI is InChI=1S/C19H19ClN10O2/c1-3-7-14-15(23-28-30(14)18-17(21)26-32-27-18)19(31)24-22-10-13-11(2)25-29(16(13)20)12-8-5-4-6-9-12/h4-6,8-10H,3,7H2,1-2H3,(H2,21,26)(H,24,31). The van der Waals surface area contributed by atoms with Crippen molar-refractivity contribution < 1.29 is 9.42 Å². The molecule has 0 unspecified atom stereocenters. The van der Waals surface area contributed by atoms with E-state index in [-0.39, 0.29) is 17.3 Å². The van der Waals surface area contributed by atoms with E-state index < -0.39 is 5.91 Å². The first-order valence-corrected chi connectivity index (χ1v) is 10.1. The highest BCUT2D eigenvalue weighted by molar-refractivity contribution is 6.32. The normalized spacial score (nSPS) is 11.3. The molecule has 0 saturated carbocycles. The molecule has 0 aliphatic rings. The molecule has 0 bridgehead atoms. The number of benzene rings is 1. The van der Waals surface area contributed by atoms with Gasteiger partial charge in [0.25, 0.3) is 5.91 Å². The molecule has 164 valence electrons. The Bertz CT molecular complexity index is 1270. The lowest BCUT2D eigenvalue weighted by Gasteiger charge is -2.03. The molecular formula is C19H19ClN10O2. The summed E-state index contributed by atoms with van der Waals surface area (Å²) in [6.07, 6.45) is 2.67. The summed E-state index contributed by atoms with van der Waals surface area (Å²) >= 11 is 6.48. The number of nitrogen functional groups attached to an aromatic ring is 1. The van der Waals surface area contributed by atoms with Crippen molar-refractivity contribution in [3.05, 3.63) is 58.1 Å². The minimum Gasteiger partial charge on any atom is -0.378 e. The molecule has 0 aliphatic carbocycles. The fourth-order valence-corrected chi connectivity index (χ4v) is 3.37. The van der Waals surface area contributed by atoms with Crippen molar-refractivity contribution >= 4 is 29.5 Å². The molecule has 12 nitrogen and oxygen atoms in total. The van der Waals surface area contributed by atoms with Gasteiger partial charge < -0.3 is 5.73 Å². The Kier molecular flexibility index (Phi) is 5.94. The van der Waals surface area contributed by atoms with E-state index in [0.29, 0.717) is 28.5 Å². The minimum atomic E-state index is -0.546. The van der Waals surface area contributed by atoms with Gasteiger partial charge in [-0.15, -0.1) is 5.10 Å². The number of aryl methyl sites for hydroxylation is 1. The van der Waals surface area contributed by atoms with E-state index in [1.165, 1.54) is 10.9 Å². The lowest BCUT2D eigenvalue weighted by Crippen LogP contribution is -2.20. The molecule has 1 amide bonds. The number of hydrazone groups is 1. The first-order chi connectivity index (χ1) is 15.5. The number of halogens is 1. The van der Waals surface area contributed by atoms with E-state index in [4.69, 9.17) is 17.3 Å². The zero-order valence-electron chi connectivity index (χ0n) is 17.2. The summed E-state index contributed by atoms with van der Waals surface area (Å²) in [4.78, 5) is 12.7. The van der Waals surface area contributed by atoms with Crippen LogP contribution in [0.15, 0.2) is 40.1 Å². The van der Waals surface area contributed by atoms with Crippen LogP contribution in [-0.4, -0.2) is 47.2 Å². The van der Waals surface area contributed by atoms with Crippen molar-refractivity contribution in [2.75, 3.05) is 5.73 Å². The van der Waals surface area contributed by atoms with Gasteiger partial charge in [-0.2, -0.15) is 14.9 Å². The van der Waals surface area contributed by atoms with Crippen LogP contribution >= 0.6 is 11.6 Å². The molecule has 3 aromatic heterocycles. The zero-order valence-corrected chi connectivity index (χ0v) is 18.0. The van der Waals surface area contributed by atoms with E-state index in [1.807, 2.05) is 37.3 Å². The Hall–Kier alpha value is -4.06. The van der Waals surface area contributed by atoms with Crippen LogP contribution in [0.3, 0.4) is 0 Å². The van der Waals surface area contributed by atoms with E-state index in [0.717, 1.165) is 12.1 Å². The average Bonchev–Trinajstić information content (AvgIpc) is 3.47. The topological polar surface area (TPSA) is 155 Å². The lowest BCUT2D eigenvalue weighted by atomic mass is 10.2. The first-order valence-electron chi connectivity index (χ1n) is 9.68. The molecule has 0 spiro atoms. The molecule has 0 atom stereocenters. The molecule has 1 aromatic carbocycles. The minimum absolute atomic E-state index is 0.0396. The van der Waals surface area contributed by atoms with Gasteiger partial charge in [-0.3, -0.25) is 4.79 Å². The Morgan fingerprint density at radius 1 is 1.28 bits per heavy atom. The van der Waals surface area contributed by atoms with Gasteiger partial charge in [0, 0.05) is 0 Å². The van der Waals surface area contributed by atoms with E-state index in [1.54, 1.807) is 11.6 Å². The van der Waals surface area contributed by atoms with Gasteiger partial charge in [0.05, 0.1) is 28.9 Å². The van der Waals surface area contributed by atoms with Crippen molar-refractivity contribution in [3.63, 3.8) is 0 Å². The lowest BCUT2D eigenvalue weighted by molar-refractivity contribution is 0.0949. The summed E-state index contributed by atoms with van der Waals surface area (Å²) in [5.41, 5.74) is 10.8. The van der Waals surface area contributed by atoms with E-state index >= 15 is 0 Å². The van der Waals surface area contributed by atoms with Gasteiger partial charge >= 0.3 is 0 Å². The van der Waals surface area contributed by atoms with E-state index in [9.17, 15) is 4.79 Å². The van der Waals surface area contributed by atoms with Gasteiger partial charge in [0.1, 0.15) is 5.15 Å². The van der Waals surface area contributed by atoms with Crippen LogP contribution in [0.25, 0.3) is 11.5 Å². The molecule has 4 aromatic rings. The summed E-state index contributed by atoms with van der Waals surface area (Å²) in [5.74, 6) is -0.341. The summed E-state index contributed by atoms with van der Waals surface area (Å²) in [6.45, 7) is 3.76. The van der Waals surface area contributed by atoms with Gasteiger partial charge in [-0.25, -0.2) is 14.7 Å². The fraction of sp³-hybridized carbons (Fsp3) is 0.211. The Morgan fingerprint density at radius 2 is 2.06 bits per heavy atom. The number of nitrogens with one attached hydrogen (secondary N) is 1. The summed E-state index contributed by atoms with van der Waals surface area (Å²) in [6, 6.07) is 9.45. The maximum atomic E-state index is 12.7. The van der Waals surface area contributed by atoms with Crippen LogP contribution in [0, 0.1) is 6.92 Å². The van der Waals surface area contributed by atoms with Crippen molar-refractivity contribution in [3.8, 4) is 11.5 Å². The number of amides is 1. The van der Waals surface area contributed by atoms with Crippen LogP contribution in [0.1, 0.15) is 40.8 Å². The van der Waals surface area contributed by atoms with E-state index in [2.05, 4.69) is 40.9 Å². The molecule has 0 fully saturated rings. The van der Waals surface area contributed by atoms with Crippen LogP contribution in [-0.2, 0) is 6.42 Å². The number of aromatic nitrogens is 7. The number of carbonyl (C=O) groups excluding carboxylic acids is 1. The van der Waals surface area contributed by atoms with Gasteiger partial charge in [-0.05, 0) is 35.8 Å². The SMILES string of the molecule is CCCc1c(C(=O)NN=Cc2c(C)nn(-c3ccccc3)c2Cl)nnn1-c1nonc1N. The Labute approximate surface area is 187 Å². The van der Waals surface area contributed by atoms with Crippen molar-refractivity contribution in [1.82, 2.24) is 40.5 Å². The maximum Gasteiger partial charge on any atom is 0.293 e. The van der Waals surface area contributed by atoms with Crippen LogP contribution < -0.4 is 11.2 Å². The molecular weight excluding hydrogens is 436 g/mol. The highest BCUT2D eigenvalue weighted by Gasteiger charge is 2.23. The highest BCUT2D eigenvalue weighted by Crippen LogP contribution is 2.22. The number of rotatable bonds is 7. The monoisotopic (exact) mass is 454 g/mol. The number of nitrogens with two attached hydrogens (primary N) is 1. The first kappa shape index (κ1) is 21.2. The predicted molar refractivity (Wildman–Crippen MR) is 116 cm³/mol. The van der Waals surface area contributed by atoms with Crippen molar-refractivity contribution in [1.29, 1.82) is 0 Å². The molecule has 0 saturated heterocycles. The largest absolute Gasteiger partial charge is 0.378 e. The molecule has 4 rings (SSSR count). The number of anilines is 1. The predicted octanol–water partition coefficient (Wildman–Crippen LogP) is 2.10. The average molecular weight is 455 g/mol. The molecule has 13 heteroatoms. The van der Waals surface area contributed by atoms with Crippen LogP contribution in [0.5, 0.6) is 0 Å². The fourth-order valence-electron chi connectivity index (χ4n) is 3.05. The molecule has 0 radical (unpaired) electrons.